The van der Waals surface area contributed by atoms with Crippen molar-refractivity contribution >= 4 is 70.2 Å². The van der Waals surface area contributed by atoms with Crippen LogP contribution in [-0.4, -0.2) is 60.6 Å². The van der Waals surface area contributed by atoms with E-state index in [4.69, 9.17) is 15.6 Å². The van der Waals surface area contributed by atoms with Crippen molar-refractivity contribution in [2.75, 3.05) is 18.9 Å². The Balaban J connectivity index is 1.58. The second-order valence-electron chi connectivity index (χ2n) is 9.86. The van der Waals surface area contributed by atoms with Crippen LogP contribution < -0.4 is 10.5 Å². The highest BCUT2D eigenvalue weighted by molar-refractivity contribution is 7.86. The van der Waals surface area contributed by atoms with Gasteiger partial charge in [0.25, 0.3) is 20.2 Å². The number of aliphatic hydroxyl groups is 2. The van der Waals surface area contributed by atoms with Crippen LogP contribution >= 0.6 is 0 Å². The van der Waals surface area contributed by atoms with Gasteiger partial charge in [-0.1, -0.05) is 12.1 Å². The van der Waals surface area contributed by atoms with Crippen LogP contribution in [0.15, 0.2) is 109 Å². The Hall–Kier alpha value is -5.04. The lowest BCUT2D eigenvalue weighted by atomic mass is 10.1. The zero-order valence-electron chi connectivity index (χ0n) is 23.5. The van der Waals surface area contributed by atoms with Gasteiger partial charge in [-0.2, -0.15) is 21.9 Å². The fourth-order valence-electron chi connectivity index (χ4n) is 4.35. The van der Waals surface area contributed by atoms with E-state index in [2.05, 4.69) is 20.5 Å². The maximum Gasteiger partial charge on any atom is 0.296 e. The maximum atomic E-state index is 12.2. The van der Waals surface area contributed by atoms with E-state index in [0.717, 1.165) is 18.2 Å². The number of benzene rings is 5. The van der Waals surface area contributed by atoms with Gasteiger partial charge in [0.2, 0.25) is 0 Å². The van der Waals surface area contributed by atoms with Gasteiger partial charge in [-0.25, -0.2) is 0 Å². The predicted molar refractivity (Wildman–Crippen MR) is 167 cm³/mol. The minimum Gasteiger partial charge on any atom is -0.505 e. The molecule has 0 heterocycles. The number of nitrogen functional groups attached to an aromatic ring is 1. The van der Waals surface area contributed by atoms with Crippen LogP contribution in [0.4, 0.5) is 28.4 Å². The molecule has 1 atom stereocenters. The number of hydrogen-bond acceptors (Lipinski definition) is 13. The van der Waals surface area contributed by atoms with E-state index in [-0.39, 0.29) is 39.8 Å². The summed E-state index contributed by atoms with van der Waals surface area (Å²) in [6, 6.07) is 18.2. The molecule has 0 aliphatic heterocycles. The van der Waals surface area contributed by atoms with Gasteiger partial charge in [-0.3, -0.25) is 9.11 Å². The molecular weight excluding hydrogens is 642 g/mol. The number of aliphatic hydroxyl groups excluding tert-OH is 2. The summed E-state index contributed by atoms with van der Waals surface area (Å²) in [4.78, 5) is -1.21. The van der Waals surface area contributed by atoms with Crippen molar-refractivity contribution in [3.8, 4) is 11.5 Å². The molecule has 7 N–H and O–H groups in total. The SMILES string of the molecule is Nc1ccc2cc(S(=O)(=O)O)c(/N=N/c3ccc(/N=N/c4ccc(OCC(O)CO)cc4)c4ccc(S(=O)(=O)O)cc34)c(O)c2c1. The highest BCUT2D eigenvalue weighted by Gasteiger charge is 2.22. The maximum absolute atomic E-state index is 12.2. The van der Waals surface area contributed by atoms with Crippen molar-refractivity contribution in [2.45, 2.75) is 15.9 Å². The third-order valence-corrected chi connectivity index (χ3v) is 8.33. The molecule has 0 bridgehead atoms. The molecule has 0 spiro atoms. The van der Waals surface area contributed by atoms with Crippen molar-refractivity contribution in [3.63, 3.8) is 0 Å². The molecule has 1 unspecified atom stereocenters. The van der Waals surface area contributed by atoms with Gasteiger partial charge in [0.15, 0.2) is 5.75 Å². The summed E-state index contributed by atoms with van der Waals surface area (Å²) in [6.07, 6.45) is -1.03. The molecule has 0 saturated heterocycles. The fourth-order valence-corrected chi connectivity index (χ4v) is 5.52. The molecule has 0 aromatic heterocycles. The number of rotatable bonds is 10. The van der Waals surface area contributed by atoms with Crippen LogP contribution in [0.1, 0.15) is 0 Å². The first-order valence-corrected chi connectivity index (χ1v) is 16.0. The molecule has 5 aromatic rings. The predicted octanol–water partition coefficient (Wildman–Crippen LogP) is 5.34. The van der Waals surface area contributed by atoms with Gasteiger partial charge < -0.3 is 25.8 Å². The third-order valence-electron chi connectivity index (χ3n) is 6.62. The summed E-state index contributed by atoms with van der Waals surface area (Å²) in [5.74, 6) is -0.210. The number of azo groups is 2. The minimum atomic E-state index is -4.90. The second-order valence-corrected chi connectivity index (χ2v) is 12.7. The number of aromatic hydroxyl groups is 1. The Labute approximate surface area is 261 Å². The van der Waals surface area contributed by atoms with Crippen LogP contribution in [0.25, 0.3) is 21.5 Å². The van der Waals surface area contributed by atoms with E-state index in [9.17, 15) is 36.2 Å². The Morgan fingerprint density at radius 2 is 1.41 bits per heavy atom. The molecule has 0 radical (unpaired) electrons. The molecule has 5 aromatic carbocycles. The van der Waals surface area contributed by atoms with Crippen molar-refractivity contribution in [2.24, 2.45) is 20.5 Å². The Bertz CT molecular complexity index is 2240. The Kier molecular flexibility index (Phi) is 8.97. The van der Waals surface area contributed by atoms with Crippen molar-refractivity contribution < 1.29 is 46.0 Å². The summed E-state index contributed by atoms with van der Waals surface area (Å²) in [5, 5.41) is 46.4. The number of phenolic OH excluding ortho intramolecular Hbond substituents is 1. The summed E-state index contributed by atoms with van der Waals surface area (Å²) in [6.45, 7) is -0.552. The van der Waals surface area contributed by atoms with Crippen molar-refractivity contribution in [1.29, 1.82) is 0 Å². The minimum absolute atomic E-state index is 0.0145. The van der Waals surface area contributed by atoms with E-state index in [1.165, 1.54) is 36.4 Å². The van der Waals surface area contributed by atoms with Gasteiger partial charge in [0, 0.05) is 21.8 Å². The first kappa shape index (κ1) is 32.4. The van der Waals surface area contributed by atoms with Crippen LogP contribution in [0.3, 0.4) is 0 Å². The number of phenols is 1. The van der Waals surface area contributed by atoms with Crippen LogP contribution in [0.2, 0.25) is 0 Å². The van der Waals surface area contributed by atoms with Crippen LogP contribution in [0, 0.1) is 0 Å². The second kappa shape index (κ2) is 12.8. The normalized spacial score (nSPS) is 13.2. The van der Waals surface area contributed by atoms with Gasteiger partial charge in [0.05, 0.1) is 28.6 Å². The first-order valence-electron chi connectivity index (χ1n) is 13.2. The lowest BCUT2D eigenvalue weighted by Crippen LogP contribution is -2.21. The van der Waals surface area contributed by atoms with Crippen LogP contribution in [0.5, 0.6) is 11.5 Å². The van der Waals surface area contributed by atoms with Gasteiger partial charge in [0.1, 0.15) is 29.0 Å². The monoisotopic (exact) mass is 667 g/mol. The standard InChI is InChI=1S/C29H25N5O10S2/c30-17-2-1-16-11-27(46(41,42)43)28(29(37)23(16)12-17)34-33-26-10-9-25(22-8-7-21(13-24(22)26)45(38,39)40)32-31-18-3-5-20(6-4-18)44-15-19(36)14-35/h1-13,19,35-37H,14-15,30H2,(H,38,39,40)(H,41,42,43)/b32-31+,34-33+. The molecule has 5 rings (SSSR count). The zero-order chi connectivity index (χ0) is 33.2. The topological polar surface area (TPSA) is 254 Å². The summed E-state index contributed by atoms with van der Waals surface area (Å²) in [5.41, 5.74) is 6.13. The van der Waals surface area contributed by atoms with Gasteiger partial charge >= 0.3 is 0 Å². The number of nitrogens with zero attached hydrogens (tertiary/aromatic N) is 4. The van der Waals surface area contributed by atoms with Crippen molar-refractivity contribution in [3.05, 3.63) is 78.9 Å². The molecule has 0 fully saturated rings. The fraction of sp³-hybridized carbons (Fsp3) is 0.103. The summed E-state index contributed by atoms with van der Waals surface area (Å²) in [7, 11) is -9.55. The lowest BCUT2D eigenvalue weighted by Gasteiger charge is -2.10. The molecule has 15 nitrogen and oxygen atoms in total. The summed E-state index contributed by atoms with van der Waals surface area (Å²) < 4.78 is 73.1. The van der Waals surface area contributed by atoms with E-state index < -0.39 is 54.2 Å². The highest BCUT2D eigenvalue weighted by Crippen LogP contribution is 2.43. The smallest absolute Gasteiger partial charge is 0.296 e. The molecule has 0 aliphatic rings. The first-order chi connectivity index (χ1) is 21.7. The molecule has 238 valence electrons. The number of fused-ring (bicyclic) bond motifs is 2. The average Bonchev–Trinajstić information content (AvgIpc) is 3.01. The Morgan fingerprint density at radius 3 is 2.07 bits per heavy atom. The quantitative estimate of drug-likeness (QED) is 0.0629. The molecule has 0 aliphatic carbocycles. The van der Waals surface area contributed by atoms with Crippen molar-refractivity contribution in [1.82, 2.24) is 0 Å². The molecular formula is C29H25N5O10S2. The zero-order valence-corrected chi connectivity index (χ0v) is 25.1. The number of ether oxygens (including phenoxy) is 1. The average molecular weight is 668 g/mol. The molecule has 0 amide bonds. The van der Waals surface area contributed by atoms with E-state index in [1.54, 1.807) is 24.3 Å². The van der Waals surface area contributed by atoms with Crippen LogP contribution in [-0.2, 0) is 20.2 Å². The van der Waals surface area contributed by atoms with E-state index >= 15 is 0 Å². The van der Waals surface area contributed by atoms with E-state index in [0.29, 0.717) is 16.8 Å². The molecule has 46 heavy (non-hydrogen) atoms. The summed E-state index contributed by atoms with van der Waals surface area (Å²) >= 11 is 0. The van der Waals surface area contributed by atoms with Gasteiger partial charge in [-0.05, 0) is 72.1 Å². The Morgan fingerprint density at radius 1 is 0.739 bits per heavy atom. The van der Waals surface area contributed by atoms with E-state index in [1.807, 2.05) is 0 Å². The molecule has 0 saturated carbocycles. The number of anilines is 1. The number of nitrogens with two attached hydrogens (primary N) is 1. The number of hydrogen-bond donors (Lipinski definition) is 6. The highest BCUT2D eigenvalue weighted by atomic mass is 32.2. The third kappa shape index (κ3) is 7.09. The lowest BCUT2D eigenvalue weighted by molar-refractivity contribution is 0.0536. The largest absolute Gasteiger partial charge is 0.505 e. The molecule has 17 heteroatoms. The van der Waals surface area contributed by atoms with Gasteiger partial charge in [-0.15, -0.1) is 15.3 Å².